The minimum atomic E-state index is -0.356. The zero-order chi connectivity index (χ0) is 8.81. The third-order valence-electron chi connectivity index (χ3n) is 1.05. The highest BCUT2D eigenvalue weighted by Gasteiger charge is 2.02. The van der Waals surface area contributed by atoms with Crippen molar-refractivity contribution in [1.29, 1.82) is 0 Å². The second-order valence-corrected chi connectivity index (χ2v) is 2.76. The average molecular weight is 187 g/mol. The predicted octanol–water partition coefficient (Wildman–Crippen LogP) is 1.08. The topological polar surface area (TPSA) is 48.4 Å². The zero-order valence-corrected chi connectivity index (χ0v) is 7.47. The number of ether oxygens (including phenoxy) is 2. The molecule has 1 heterocycles. The van der Waals surface area contributed by atoms with Crippen LogP contribution < -0.4 is 4.74 Å². The van der Waals surface area contributed by atoms with Gasteiger partial charge in [0, 0.05) is 0 Å². The molecule has 12 heavy (non-hydrogen) atoms. The molecule has 0 bridgehead atoms. The van der Waals surface area contributed by atoms with Gasteiger partial charge in [-0.25, -0.2) is 9.78 Å². The van der Waals surface area contributed by atoms with Gasteiger partial charge in [-0.15, -0.1) is 0 Å². The quantitative estimate of drug-likeness (QED) is 0.662. The third-order valence-corrected chi connectivity index (χ3v) is 1.73. The van der Waals surface area contributed by atoms with E-state index in [1.165, 1.54) is 11.3 Å². The maximum absolute atomic E-state index is 10.8. The molecule has 0 fully saturated rings. The molecule has 5 heteroatoms. The van der Waals surface area contributed by atoms with Crippen molar-refractivity contribution in [3.63, 3.8) is 0 Å². The molecular weight excluding hydrogens is 178 g/mol. The van der Waals surface area contributed by atoms with Crippen LogP contribution in [0.4, 0.5) is 0 Å². The summed E-state index contributed by atoms with van der Waals surface area (Å²) in [7, 11) is 0. The van der Waals surface area contributed by atoms with E-state index in [2.05, 4.69) is 9.72 Å². The Morgan fingerprint density at radius 2 is 2.58 bits per heavy atom. The molecular formula is C7H9NO3S. The fourth-order valence-electron chi connectivity index (χ4n) is 0.608. The van der Waals surface area contributed by atoms with E-state index in [0.29, 0.717) is 11.7 Å². The Kier molecular flexibility index (Phi) is 3.53. The van der Waals surface area contributed by atoms with Crippen molar-refractivity contribution < 1.29 is 14.3 Å². The molecule has 66 valence electrons. The molecule has 0 saturated carbocycles. The summed E-state index contributed by atoms with van der Waals surface area (Å²) < 4.78 is 9.70. The molecule has 0 amide bonds. The van der Waals surface area contributed by atoms with Gasteiger partial charge in [0.05, 0.1) is 18.3 Å². The number of nitrogens with zero attached hydrogens (tertiary/aromatic N) is 1. The van der Waals surface area contributed by atoms with Gasteiger partial charge >= 0.3 is 5.97 Å². The van der Waals surface area contributed by atoms with Crippen LogP contribution in [0, 0.1) is 0 Å². The normalized spacial score (nSPS) is 9.42. The second-order valence-electron chi connectivity index (χ2n) is 1.91. The van der Waals surface area contributed by atoms with E-state index >= 15 is 0 Å². The first-order valence-corrected chi connectivity index (χ1v) is 4.37. The van der Waals surface area contributed by atoms with Crippen molar-refractivity contribution >= 4 is 17.3 Å². The molecule has 0 N–H and O–H groups in total. The Morgan fingerprint density at radius 1 is 1.75 bits per heavy atom. The largest absolute Gasteiger partial charge is 0.471 e. The molecule has 0 spiro atoms. The molecule has 1 aromatic heterocycles. The van der Waals surface area contributed by atoms with Crippen LogP contribution >= 0.6 is 11.3 Å². The molecule has 0 saturated heterocycles. The predicted molar refractivity (Wildman–Crippen MR) is 44.2 cm³/mol. The lowest BCUT2D eigenvalue weighted by atomic mass is 10.7. The average Bonchev–Trinajstić information content (AvgIpc) is 2.53. The first kappa shape index (κ1) is 8.99. The highest BCUT2D eigenvalue weighted by atomic mass is 32.1. The van der Waals surface area contributed by atoms with Crippen molar-refractivity contribution in [2.75, 3.05) is 13.2 Å². The maximum Gasteiger partial charge on any atom is 0.344 e. The summed E-state index contributed by atoms with van der Waals surface area (Å²) in [5.74, 6) is -0.356. The summed E-state index contributed by atoms with van der Waals surface area (Å²) >= 11 is 1.34. The second kappa shape index (κ2) is 4.71. The molecule has 0 aliphatic heterocycles. The van der Waals surface area contributed by atoms with Gasteiger partial charge in [0.2, 0.25) is 0 Å². The van der Waals surface area contributed by atoms with E-state index < -0.39 is 0 Å². The summed E-state index contributed by atoms with van der Waals surface area (Å²) in [4.78, 5) is 14.6. The number of carbonyl (C=O) groups is 1. The van der Waals surface area contributed by atoms with Crippen molar-refractivity contribution in [1.82, 2.24) is 4.98 Å². The van der Waals surface area contributed by atoms with Crippen molar-refractivity contribution in [2.24, 2.45) is 0 Å². The minimum absolute atomic E-state index is 0.0456. The molecule has 0 aliphatic rings. The van der Waals surface area contributed by atoms with Gasteiger partial charge in [-0.2, -0.15) is 0 Å². The van der Waals surface area contributed by atoms with Crippen LogP contribution in [0.15, 0.2) is 11.7 Å². The summed E-state index contributed by atoms with van der Waals surface area (Å²) in [6.45, 7) is 2.09. The Bertz CT molecular complexity index is 235. The number of thiazole rings is 1. The summed E-state index contributed by atoms with van der Waals surface area (Å²) in [5, 5.41) is 0.628. The van der Waals surface area contributed by atoms with E-state index in [4.69, 9.17) is 4.74 Å². The van der Waals surface area contributed by atoms with Crippen LogP contribution in [0.25, 0.3) is 0 Å². The van der Waals surface area contributed by atoms with Gasteiger partial charge in [-0.3, -0.25) is 0 Å². The summed E-state index contributed by atoms with van der Waals surface area (Å²) in [5.41, 5.74) is 1.64. The lowest BCUT2D eigenvalue weighted by molar-refractivity contribution is -0.145. The van der Waals surface area contributed by atoms with Gasteiger partial charge in [-0.05, 0) is 6.92 Å². The first-order chi connectivity index (χ1) is 5.83. The van der Waals surface area contributed by atoms with Crippen LogP contribution in [-0.2, 0) is 9.53 Å². The Balaban J connectivity index is 2.22. The van der Waals surface area contributed by atoms with Crippen molar-refractivity contribution in [2.45, 2.75) is 6.92 Å². The number of aromatic nitrogens is 1. The van der Waals surface area contributed by atoms with E-state index in [-0.39, 0.29) is 12.6 Å². The van der Waals surface area contributed by atoms with Crippen molar-refractivity contribution in [3.8, 4) is 5.06 Å². The Labute approximate surface area is 74.1 Å². The molecule has 1 aromatic rings. The summed E-state index contributed by atoms with van der Waals surface area (Å²) in [6.07, 6.45) is 1.56. The number of hydrogen-bond donors (Lipinski definition) is 0. The third kappa shape index (κ3) is 2.87. The molecule has 1 rings (SSSR count). The van der Waals surface area contributed by atoms with Gasteiger partial charge < -0.3 is 9.47 Å². The SMILES string of the molecule is CCOC(=O)COc1cncs1. The molecule has 0 atom stereocenters. The number of hydrogen-bond acceptors (Lipinski definition) is 5. The van der Waals surface area contributed by atoms with E-state index in [9.17, 15) is 4.79 Å². The maximum atomic E-state index is 10.8. The monoisotopic (exact) mass is 187 g/mol. The first-order valence-electron chi connectivity index (χ1n) is 3.50. The van der Waals surface area contributed by atoms with Crippen LogP contribution in [0.5, 0.6) is 5.06 Å². The zero-order valence-electron chi connectivity index (χ0n) is 6.65. The molecule has 0 radical (unpaired) electrons. The number of esters is 1. The number of rotatable bonds is 4. The molecule has 0 unspecified atom stereocenters. The lowest BCUT2D eigenvalue weighted by Gasteiger charge is -2.01. The van der Waals surface area contributed by atoms with Crippen LogP contribution in [0.3, 0.4) is 0 Å². The van der Waals surface area contributed by atoms with Crippen LogP contribution in [0.2, 0.25) is 0 Å². The molecule has 0 aromatic carbocycles. The molecule has 4 nitrogen and oxygen atoms in total. The minimum Gasteiger partial charge on any atom is -0.471 e. The van der Waals surface area contributed by atoms with Gasteiger partial charge in [0.15, 0.2) is 11.7 Å². The number of carbonyl (C=O) groups excluding carboxylic acids is 1. The van der Waals surface area contributed by atoms with Gasteiger partial charge in [0.1, 0.15) is 0 Å². The summed E-state index contributed by atoms with van der Waals surface area (Å²) in [6, 6.07) is 0. The Hall–Kier alpha value is -1.10. The van der Waals surface area contributed by atoms with Crippen LogP contribution in [0.1, 0.15) is 6.92 Å². The smallest absolute Gasteiger partial charge is 0.344 e. The highest BCUT2D eigenvalue weighted by Crippen LogP contribution is 2.14. The van der Waals surface area contributed by atoms with E-state index in [1.54, 1.807) is 18.6 Å². The fraction of sp³-hybridized carbons (Fsp3) is 0.429. The standard InChI is InChI=1S/C7H9NO3S/c1-2-10-6(9)4-11-7-3-8-5-12-7/h3,5H,2,4H2,1H3. The van der Waals surface area contributed by atoms with E-state index in [1.807, 2.05) is 0 Å². The van der Waals surface area contributed by atoms with Crippen molar-refractivity contribution in [3.05, 3.63) is 11.7 Å². The fourth-order valence-corrected chi connectivity index (χ4v) is 1.08. The van der Waals surface area contributed by atoms with Crippen LogP contribution in [-0.4, -0.2) is 24.2 Å². The van der Waals surface area contributed by atoms with Gasteiger partial charge in [0.25, 0.3) is 0 Å². The molecule has 0 aliphatic carbocycles. The van der Waals surface area contributed by atoms with Gasteiger partial charge in [-0.1, -0.05) is 11.3 Å². The van der Waals surface area contributed by atoms with E-state index in [0.717, 1.165) is 0 Å². The Morgan fingerprint density at radius 3 is 3.17 bits per heavy atom. The lowest BCUT2D eigenvalue weighted by Crippen LogP contribution is -2.13. The highest BCUT2D eigenvalue weighted by molar-refractivity contribution is 7.11.